The highest BCUT2D eigenvalue weighted by atomic mass is 16.5. The topological polar surface area (TPSA) is 38.8 Å². The number of hydrogen-bond acceptors (Lipinski definition) is 4. The van der Waals surface area contributed by atoms with Crippen molar-refractivity contribution >= 4 is 5.97 Å². The highest BCUT2D eigenvalue weighted by molar-refractivity contribution is 5.89. The van der Waals surface area contributed by atoms with E-state index in [-0.39, 0.29) is 12.1 Å². The maximum Gasteiger partial charge on any atom is 0.338 e. The van der Waals surface area contributed by atoms with Gasteiger partial charge in [0, 0.05) is 6.54 Å². The van der Waals surface area contributed by atoms with E-state index in [1.807, 2.05) is 38.1 Å². The van der Waals surface area contributed by atoms with Crippen LogP contribution < -0.4 is 4.74 Å². The predicted octanol–water partition coefficient (Wildman–Crippen LogP) is 2.97. The van der Waals surface area contributed by atoms with Crippen LogP contribution in [0.2, 0.25) is 0 Å². The molecule has 0 saturated carbocycles. The van der Waals surface area contributed by atoms with Gasteiger partial charge in [-0.2, -0.15) is 0 Å². The third-order valence-electron chi connectivity index (χ3n) is 2.79. The van der Waals surface area contributed by atoms with Gasteiger partial charge in [-0.1, -0.05) is 13.3 Å². The van der Waals surface area contributed by atoms with Crippen LogP contribution in [-0.4, -0.2) is 44.2 Å². The molecule has 0 amide bonds. The van der Waals surface area contributed by atoms with Crippen molar-refractivity contribution in [3.63, 3.8) is 0 Å². The van der Waals surface area contributed by atoms with Gasteiger partial charge in [0.1, 0.15) is 11.9 Å². The third-order valence-corrected chi connectivity index (χ3v) is 2.79. The van der Waals surface area contributed by atoms with Crippen molar-refractivity contribution in [3.8, 4) is 5.75 Å². The molecule has 0 unspecified atom stereocenters. The number of hydrogen-bond donors (Lipinski definition) is 0. The summed E-state index contributed by atoms with van der Waals surface area (Å²) < 4.78 is 10.9. The molecule has 4 heteroatoms. The Labute approximate surface area is 121 Å². The minimum Gasteiger partial charge on any atom is -0.494 e. The Hall–Kier alpha value is -1.55. The fourth-order valence-corrected chi connectivity index (χ4v) is 1.82. The van der Waals surface area contributed by atoms with Crippen molar-refractivity contribution in [3.05, 3.63) is 29.8 Å². The molecule has 0 saturated heterocycles. The molecule has 1 atom stereocenters. The summed E-state index contributed by atoms with van der Waals surface area (Å²) in [5.41, 5.74) is 0.554. The summed E-state index contributed by atoms with van der Waals surface area (Å²) in [5, 5.41) is 0. The molecule has 0 N–H and O–H groups in total. The number of carbonyl (C=O) groups excluding carboxylic acids is 1. The average Bonchev–Trinajstić information content (AvgIpc) is 2.38. The zero-order chi connectivity index (χ0) is 15.0. The molecule has 0 aliphatic carbocycles. The average molecular weight is 279 g/mol. The maximum absolute atomic E-state index is 11.9. The second-order valence-corrected chi connectivity index (χ2v) is 5.20. The smallest absolute Gasteiger partial charge is 0.338 e. The molecule has 0 spiro atoms. The third kappa shape index (κ3) is 6.06. The minimum atomic E-state index is -0.292. The van der Waals surface area contributed by atoms with Crippen LogP contribution >= 0.6 is 0 Å². The molecule has 1 rings (SSSR count). The van der Waals surface area contributed by atoms with Gasteiger partial charge >= 0.3 is 5.97 Å². The van der Waals surface area contributed by atoms with Crippen LogP contribution in [0.3, 0.4) is 0 Å². The Balaban J connectivity index is 2.48. The van der Waals surface area contributed by atoms with Gasteiger partial charge in [-0.25, -0.2) is 4.79 Å². The van der Waals surface area contributed by atoms with Crippen molar-refractivity contribution in [1.82, 2.24) is 4.90 Å². The quantitative estimate of drug-likeness (QED) is 0.542. The van der Waals surface area contributed by atoms with Crippen LogP contribution in [0.25, 0.3) is 0 Å². The number of rotatable bonds is 8. The lowest BCUT2D eigenvalue weighted by atomic mass is 10.2. The van der Waals surface area contributed by atoms with E-state index >= 15 is 0 Å². The second kappa shape index (κ2) is 8.59. The Morgan fingerprint density at radius 2 is 1.90 bits per heavy atom. The molecule has 112 valence electrons. The highest BCUT2D eigenvalue weighted by Crippen LogP contribution is 2.14. The number of carbonyl (C=O) groups is 1. The summed E-state index contributed by atoms with van der Waals surface area (Å²) in [7, 11) is 3.90. The summed E-state index contributed by atoms with van der Waals surface area (Å²) in [6.45, 7) is 5.43. The monoisotopic (exact) mass is 279 g/mol. The van der Waals surface area contributed by atoms with Gasteiger partial charge in [0.15, 0.2) is 0 Å². The molecule has 1 aromatic rings. The molecular weight excluding hydrogens is 254 g/mol. The Bertz CT molecular complexity index is 401. The molecule has 0 bridgehead atoms. The number of esters is 1. The normalized spacial score (nSPS) is 12.2. The van der Waals surface area contributed by atoms with Gasteiger partial charge in [0.25, 0.3) is 0 Å². The number of benzene rings is 1. The minimum absolute atomic E-state index is 0.127. The Morgan fingerprint density at radius 3 is 2.45 bits per heavy atom. The van der Waals surface area contributed by atoms with Crippen molar-refractivity contribution in [2.24, 2.45) is 0 Å². The number of ether oxygens (including phenoxy) is 2. The summed E-state index contributed by atoms with van der Waals surface area (Å²) in [5.74, 6) is 0.496. The van der Waals surface area contributed by atoms with Gasteiger partial charge in [0.05, 0.1) is 12.2 Å². The first-order valence-electron chi connectivity index (χ1n) is 7.11. The Morgan fingerprint density at radius 1 is 1.25 bits per heavy atom. The first-order chi connectivity index (χ1) is 9.52. The van der Waals surface area contributed by atoms with Gasteiger partial charge in [-0.05, 0) is 51.7 Å². The standard InChI is InChI=1S/C16H25NO3/c1-5-6-11-19-15-9-7-14(8-10-15)16(18)20-13(2)12-17(3)4/h7-10,13H,5-6,11-12H2,1-4H3/t13-/m1/s1. The SMILES string of the molecule is CCCCOc1ccc(C(=O)O[C@H](C)CN(C)C)cc1. The molecule has 0 aromatic heterocycles. The van der Waals surface area contributed by atoms with Crippen molar-refractivity contribution in [2.45, 2.75) is 32.8 Å². The number of unbranched alkanes of at least 4 members (excludes halogenated alkanes) is 1. The lowest BCUT2D eigenvalue weighted by Crippen LogP contribution is -2.28. The van der Waals surface area contributed by atoms with E-state index in [0.717, 1.165) is 18.6 Å². The Kier molecular flexibility index (Phi) is 7.09. The summed E-state index contributed by atoms with van der Waals surface area (Å²) >= 11 is 0. The fraction of sp³-hybridized carbons (Fsp3) is 0.562. The van der Waals surface area contributed by atoms with Crippen LogP contribution in [0.1, 0.15) is 37.0 Å². The summed E-state index contributed by atoms with van der Waals surface area (Å²) in [6, 6.07) is 7.10. The zero-order valence-electron chi connectivity index (χ0n) is 12.9. The van der Waals surface area contributed by atoms with Crippen LogP contribution in [0, 0.1) is 0 Å². The van der Waals surface area contributed by atoms with Crippen LogP contribution in [0.5, 0.6) is 5.75 Å². The van der Waals surface area contributed by atoms with Crippen molar-refractivity contribution in [2.75, 3.05) is 27.2 Å². The van der Waals surface area contributed by atoms with Gasteiger partial charge in [-0.3, -0.25) is 0 Å². The summed E-state index contributed by atoms with van der Waals surface area (Å²) in [4.78, 5) is 13.9. The van der Waals surface area contributed by atoms with Crippen molar-refractivity contribution < 1.29 is 14.3 Å². The van der Waals surface area contributed by atoms with Gasteiger partial charge < -0.3 is 14.4 Å². The van der Waals surface area contributed by atoms with E-state index in [4.69, 9.17) is 9.47 Å². The molecule has 20 heavy (non-hydrogen) atoms. The maximum atomic E-state index is 11.9. The molecule has 4 nitrogen and oxygen atoms in total. The van der Waals surface area contributed by atoms with Crippen LogP contribution in [0.15, 0.2) is 24.3 Å². The van der Waals surface area contributed by atoms with Gasteiger partial charge in [-0.15, -0.1) is 0 Å². The molecule has 0 radical (unpaired) electrons. The molecule has 0 heterocycles. The van der Waals surface area contributed by atoms with E-state index in [1.165, 1.54) is 0 Å². The number of nitrogens with zero attached hydrogens (tertiary/aromatic N) is 1. The highest BCUT2D eigenvalue weighted by Gasteiger charge is 2.12. The van der Waals surface area contributed by atoms with Gasteiger partial charge in [0.2, 0.25) is 0 Å². The lowest BCUT2D eigenvalue weighted by Gasteiger charge is -2.17. The second-order valence-electron chi connectivity index (χ2n) is 5.20. The van der Waals surface area contributed by atoms with Crippen molar-refractivity contribution in [1.29, 1.82) is 0 Å². The molecule has 0 fully saturated rings. The van der Waals surface area contributed by atoms with E-state index in [1.54, 1.807) is 12.1 Å². The largest absolute Gasteiger partial charge is 0.494 e. The fourth-order valence-electron chi connectivity index (χ4n) is 1.82. The van der Waals surface area contributed by atoms with Crippen LogP contribution in [-0.2, 0) is 4.74 Å². The number of likely N-dealkylation sites (N-methyl/N-ethyl adjacent to an activating group) is 1. The lowest BCUT2D eigenvalue weighted by molar-refractivity contribution is 0.0289. The van der Waals surface area contributed by atoms with Crippen LogP contribution in [0.4, 0.5) is 0 Å². The predicted molar refractivity (Wildman–Crippen MR) is 80.3 cm³/mol. The summed E-state index contributed by atoms with van der Waals surface area (Å²) in [6.07, 6.45) is 2.01. The molecule has 1 aromatic carbocycles. The van der Waals surface area contributed by atoms with E-state index in [9.17, 15) is 4.79 Å². The first kappa shape index (κ1) is 16.5. The first-order valence-corrected chi connectivity index (χ1v) is 7.11. The van der Waals surface area contributed by atoms with E-state index in [0.29, 0.717) is 18.7 Å². The van der Waals surface area contributed by atoms with E-state index in [2.05, 4.69) is 6.92 Å². The molecule has 0 aliphatic rings. The van der Waals surface area contributed by atoms with E-state index < -0.39 is 0 Å². The zero-order valence-corrected chi connectivity index (χ0v) is 12.9. The molecular formula is C16H25NO3. The molecule has 0 aliphatic heterocycles.